The van der Waals surface area contributed by atoms with Gasteiger partial charge < -0.3 is 5.73 Å². The van der Waals surface area contributed by atoms with Crippen LogP contribution >= 0.6 is 0 Å². The molecule has 2 rings (SSSR count). The van der Waals surface area contributed by atoms with E-state index in [2.05, 4.69) is 4.98 Å². The molecule has 15 heavy (non-hydrogen) atoms. The van der Waals surface area contributed by atoms with Crippen molar-refractivity contribution in [2.45, 2.75) is 12.5 Å². The van der Waals surface area contributed by atoms with Crippen molar-refractivity contribution < 1.29 is 0 Å². The highest BCUT2D eigenvalue weighted by molar-refractivity contribution is 5.81. The molecule has 0 radical (unpaired) electrons. The van der Waals surface area contributed by atoms with Gasteiger partial charge in [-0.05, 0) is 17.7 Å². The van der Waals surface area contributed by atoms with Gasteiger partial charge in [0, 0.05) is 18.0 Å². The van der Waals surface area contributed by atoms with E-state index in [-0.39, 0.29) is 0 Å². The number of hydrogen-bond donors (Lipinski definition) is 1. The molecule has 1 aromatic carbocycles. The molecule has 0 aliphatic rings. The van der Waals surface area contributed by atoms with Crippen LogP contribution in [0.4, 0.5) is 0 Å². The number of para-hydroxylation sites is 1. The van der Waals surface area contributed by atoms with Gasteiger partial charge in [-0.3, -0.25) is 4.98 Å². The molecule has 1 unspecified atom stereocenters. The Hall–Kier alpha value is -1.92. The minimum Gasteiger partial charge on any atom is -0.316 e. The Balaban J connectivity index is 2.48. The van der Waals surface area contributed by atoms with Gasteiger partial charge in [-0.1, -0.05) is 18.2 Å². The predicted molar refractivity (Wildman–Crippen MR) is 59.0 cm³/mol. The maximum Gasteiger partial charge on any atom is 0.0969 e. The van der Waals surface area contributed by atoms with Gasteiger partial charge in [0.15, 0.2) is 0 Å². The van der Waals surface area contributed by atoms with Crippen molar-refractivity contribution in [3.63, 3.8) is 0 Å². The van der Waals surface area contributed by atoms with Crippen LogP contribution in [-0.4, -0.2) is 11.0 Å². The van der Waals surface area contributed by atoms with Crippen LogP contribution < -0.4 is 5.73 Å². The quantitative estimate of drug-likeness (QED) is 0.795. The summed E-state index contributed by atoms with van der Waals surface area (Å²) in [5.41, 5.74) is 7.64. The minimum atomic E-state index is -0.448. The van der Waals surface area contributed by atoms with E-state index in [1.165, 1.54) is 0 Å². The number of pyridine rings is 1. The number of nitriles is 1. The Morgan fingerprint density at radius 2 is 2.13 bits per heavy atom. The summed E-state index contributed by atoms with van der Waals surface area (Å²) < 4.78 is 0. The summed E-state index contributed by atoms with van der Waals surface area (Å²) in [7, 11) is 0. The van der Waals surface area contributed by atoms with Crippen LogP contribution in [0.2, 0.25) is 0 Å². The second-order valence-electron chi connectivity index (χ2n) is 3.43. The van der Waals surface area contributed by atoms with Crippen molar-refractivity contribution in [1.82, 2.24) is 4.98 Å². The van der Waals surface area contributed by atoms with Crippen LogP contribution in [0.1, 0.15) is 5.56 Å². The fourth-order valence-corrected chi connectivity index (χ4v) is 1.62. The van der Waals surface area contributed by atoms with Crippen molar-refractivity contribution in [3.05, 3.63) is 42.1 Å². The number of aromatic nitrogens is 1. The lowest BCUT2D eigenvalue weighted by Gasteiger charge is -2.06. The van der Waals surface area contributed by atoms with Crippen LogP contribution in [0, 0.1) is 11.3 Å². The third-order valence-electron chi connectivity index (χ3n) is 2.34. The number of hydrogen-bond acceptors (Lipinski definition) is 3. The summed E-state index contributed by atoms with van der Waals surface area (Å²) in [6.45, 7) is 0. The predicted octanol–water partition coefficient (Wildman–Crippen LogP) is 1.63. The Morgan fingerprint density at radius 3 is 2.93 bits per heavy atom. The molecule has 74 valence electrons. The third kappa shape index (κ3) is 1.95. The zero-order chi connectivity index (χ0) is 10.7. The van der Waals surface area contributed by atoms with Gasteiger partial charge in [0.2, 0.25) is 0 Å². The van der Waals surface area contributed by atoms with Gasteiger partial charge in [0.1, 0.15) is 0 Å². The fourth-order valence-electron chi connectivity index (χ4n) is 1.62. The molecule has 0 aliphatic heterocycles. The van der Waals surface area contributed by atoms with Crippen molar-refractivity contribution in [3.8, 4) is 6.07 Å². The van der Waals surface area contributed by atoms with E-state index in [1.54, 1.807) is 6.20 Å². The first-order chi connectivity index (χ1) is 7.31. The van der Waals surface area contributed by atoms with Crippen LogP contribution in [0.5, 0.6) is 0 Å². The Bertz CT molecular complexity index is 508. The number of nitrogens with zero attached hydrogens (tertiary/aromatic N) is 2. The molecular formula is C12H11N3. The molecule has 0 spiro atoms. The first-order valence-electron chi connectivity index (χ1n) is 4.79. The van der Waals surface area contributed by atoms with E-state index in [0.717, 1.165) is 16.5 Å². The molecule has 1 aromatic heterocycles. The first kappa shape index (κ1) is 9.63. The zero-order valence-corrected chi connectivity index (χ0v) is 8.22. The van der Waals surface area contributed by atoms with E-state index in [4.69, 9.17) is 11.0 Å². The van der Waals surface area contributed by atoms with Crippen LogP contribution in [-0.2, 0) is 6.42 Å². The molecule has 3 heteroatoms. The fraction of sp³-hybridized carbons (Fsp3) is 0.167. The molecular weight excluding hydrogens is 186 g/mol. The molecule has 0 amide bonds. The van der Waals surface area contributed by atoms with E-state index in [0.29, 0.717) is 6.42 Å². The topological polar surface area (TPSA) is 62.7 Å². The van der Waals surface area contributed by atoms with Crippen molar-refractivity contribution in [1.29, 1.82) is 5.26 Å². The number of benzene rings is 1. The van der Waals surface area contributed by atoms with E-state index < -0.39 is 6.04 Å². The molecule has 1 atom stereocenters. The zero-order valence-electron chi connectivity index (χ0n) is 8.22. The molecule has 0 aliphatic carbocycles. The van der Waals surface area contributed by atoms with E-state index in [9.17, 15) is 0 Å². The summed E-state index contributed by atoms with van der Waals surface area (Å²) in [6.07, 6.45) is 2.32. The van der Waals surface area contributed by atoms with Gasteiger partial charge in [-0.25, -0.2) is 0 Å². The molecule has 2 N–H and O–H groups in total. The van der Waals surface area contributed by atoms with Crippen molar-refractivity contribution >= 4 is 10.9 Å². The van der Waals surface area contributed by atoms with Crippen LogP contribution in [0.25, 0.3) is 10.9 Å². The maximum absolute atomic E-state index is 8.68. The number of fused-ring (bicyclic) bond motifs is 1. The normalized spacial score (nSPS) is 12.3. The molecule has 0 bridgehead atoms. The SMILES string of the molecule is N#CC(N)Cc1ccnc2ccccc12. The van der Waals surface area contributed by atoms with Gasteiger partial charge >= 0.3 is 0 Å². The average molecular weight is 197 g/mol. The van der Waals surface area contributed by atoms with E-state index >= 15 is 0 Å². The molecule has 0 saturated heterocycles. The third-order valence-corrected chi connectivity index (χ3v) is 2.34. The highest BCUT2D eigenvalue weighted by Crippen LogP contribution is 2.16. The van der Waals surface area contributed by atoms with Crippen molar-refractivity contribution in [2.75, 3.05) is 0 Å². The first-order valence-corrected chi connectivity index (χ1v) is 4.79. The molecule has 1 heterocycles. The smallest absolute Gasteiger partial charge is 0.0969 e. The monoisotopic (exact) mass is 197 g/mol. The molecule has 0 fully saturated rings. The van der Waals surface area contributed by atoms with E-state index in [1.807, 2.05) is 36.4 Å². The van der Waals surface area contributed by atoms with Crippen molar-refractivity contribution in [2.24, 2.45) is 5.73 Å². The summed E-state index contributed by atoms with van der Waals surface area (Å²) in [5, 5.41) is 9.75. The summed E-state index contributed by atoms with van der Waals surface area (Å²) in [6, 6.07) is 11.4. The Kier molecular flexibility index (Phi) is 2.61. The maximum atomic E-state index is 8.68. The second kappa shape index (κ2) is 4.07. The van der Waals surface area contributed by atoms with Crippen LogP contribution in [0.15, 0.2) is 36.5 Å². The molecule has 3 nitrogen and oxygen atoms in total. The summed E-state index contributed by atoms with van der Waals surface area (Å²) in [5.74, 6) is 0. The molecule has 2 aromatic rings. The highest BCUT2D eigenvalue weighted by atomic mass is 14.7. The summed E-state index contributed by atoms with van der Waals surface area (Å²) >= 11 is 0. The van der Waals surface area contributed by atoms with Gasteiger partial charge in [0.25, 0.3) is 0 Å². The lowest BCUT2D eigenvalue weighted by atomic mass is 10.0. The lowest BCUT2D eigenvalue weighted by Crippen LogP contribution is -2.20. The van der Waals surface area contributed by atoms with Crippen LogP contribution in [0.3, 0.4) is 0 Å². The molecule has 0 saturated carbocycles. The minimum absolute atomic E-state index is 0.448. The highest BCUT2D eigenvalue weighted by Gasteiger charge is 2.05. The average Bonchev–Trinajstić information content (AvgIpc) is 2.29. The van der Waals surface area contributed by atoms with Gasteiger partial charge in [0.05, 0.1) is 17.6 Å². The Morgan fingerprint density at radius 1 is 1.33 bits per heavy atom. The summed E-state index contributed by atoms with van der Waals surface area (Å²) in [4.78, 5) is 4.25. The second-order valence-corrected chi connectivity index (χ2v) is 3.43. The largest absolute Gasteiger partial charge is 0.316 e. The number of nitrogens with two attached hydrogens (primary N) is 1. The number of rotatable bonds is 2. The van der Waals surface area contributed by atoms with Gasteiger partial charge in [-0.15, -0.1) is 0 Å². The Labute approximate surface area is 88.2 Å². The van der Waals surface area contributed by atoms with Gasteiger partial charge in [-0.2, -0.15) is 5.26 Å². The standard InChI is InChI=1S/C12H11N3/c13-8-10(14)7-9-5-6-15-12-4-2-1-3-11(9)12/h1-6,10H,7,14H2. The lowest BCUT2D eigenvalue weighted by molar-refractivity contribution is 0.827.